The van der Waals surface area contributed by atoms with Gasteiger partial charge in [-0.25, -0.2) is 8.42 Å². The summed E-state index contributed by atoms with van der Waals surface area (Å²) in [7, 11) is -3.60. The monoisotopic (exact) mass is 361 g/mol. The highest BCUT2D eigenvalue weighted by molar-refractivity contribution is 7.89. The number of aryl methyl sites for hydroxylation is 1. The van der Waals surface area contributed by atoms with Gasteiger partial charge in [0.15, 0.2) is 0 Å². The lowest BCUT2D eigenvalue weighted by Crippen LogP contribution is -2.31. The third kappa shape index (κ3) is 4.43. The predicted octanol–water partition coefficient (Wildman–Crippen LogP) is 2.35. The standard InChI is InChI=1S/C18H23N3O3S/c1-4-21(5-2)25(23,24)16-10-9-14(3)17(12-16)18(22)20-13-15-8-6-7-11-19-15/h6-12H,4-5,13H2,1-3H3,(H,20,22). The number of amides is 1. The Morgan fingerprint density at radius 2 is 1.88 bits per heavy atom. The molecule has 7 heteroatoms. The van der Waals surface area contributed by atoms with E-state index >= 15 is 0 Å². The van der Waals surface area contributed by atoms with Gasteiger partial charge in [0, 0.05) is 24.8 Å². The molecule has 6 nitrogen and oxygen atoms in total. The van der Waals surface area contributed by atoms with Crippen molar-refractivity contribution in [1.29, 1.82) is 0 Å². The summed E-state index contributed by atoms with van der Waals surface area (Å²) in [6, 6.07) is 10.1. The molecule has 0 spiro atoms. The highest BCUT2D eigenvalue weighted by atomic mass is 32.2. The summed E-state index contributed by atoms with van der Waals surface area (Å²) in [5.41, 5.74) is 1.81. The van der Waals surface area contributed by atoms with E-state index in [-0.39, 0.29) is 17.3 Å². The number of carbonyl (C=O) groups excluding carboxylic acids is 1. The first-order valence-corrected chi connectivity index (χ1v) is 9.63. The Morgan fingerprint density at radius 1 is 1.16 bits per heavy atom. The Morgan fingerprint density at radius 3 is 2.48 bits per heavy atom. The lowest BCUT2D eigenvalue weighted by atomic mass is 10.1. The van der Waals surface area contributed by atoms with Gasteiger partial charge < -0.3 is 5.32 Å². The van der Waals surface area contributed by atoms with Gasteiger partial charge in [-0.1, -0.05) is 26.0 Å². The number of nitrogens with zero attached hydrogens (tertiary/aromatic N) is 2. The van der Waals surface area contributed by atoms with E-state index < -0.39 is 10.0 Å². The first kappa shape index (κ1) is 19.1. The lowest BCUT2D eigenvalue weighted by molar-refractivity contribution is 0.0949. The molecule has 1 amide bonds. The van der Waals surface area contributed by atoms with E-state index in [1.54, 1.807) is 45.2 Å². The zero-order valence-corrected chi connectivity index (χ0v) is 15.5. The molecule has 1 aromatic heterocycles. The number of aromatic nitrogens is 1. The lowest BCUT2D eigenvalue weighted by Gasteiger charge is -2.19. The zero-order valence-electron chi connectivity index (χ0n) is 14.7. The van der Waals surface area contributed by atoms with Crippen LogP contribution in [0.2, 0.25) is 0 Å². The average molecular weight is 361 g/mol. The quantitative estimate of drug-likeness (QED) is 0.821. The van der Waals surface area contributed by atoms with E-state index in [1.807, 2.05) is 12.1 Å². The normalized spacial score (nSPS) is 11.5. The molecule has 0 radical (unpaired) electrons. The SMILES string of the molecule is CCN(CC)S(=O)(=O)c1ccc(C)c(C(=O)NCc2ccccn2)c1. The van der Waals surface area contributed by atoms with E-state index in [9.17, 15) is 13.2 Å². The highest BCUT2D eigenvalue weighted by Crippen LogP contribution is 2.19. The molecule has 0 fully saturated rings. The molecule has 0 saturated carbocycles. The molecular weight excluding hydrogens is 338 g/mol. The number of hydrogen-bond acceptors (Lipinski definition) is 4. The molecule has 0 aliphatic carbocycles. The summed E-state index contributed by atoms with van der Waals surface area (Å²) in [6.07, 6.45) is 1.66. The molecule has 25 heavy (non-hydrogen) atoms. The van der Waals surface area contributed by atoms with Crippen LogP contribution in [-0.2, 0) is 16.6 Å². The minimum atomic E-state index is -3.60. The second kappa shape index (κ2) is 8.22. The summed E-state index contributed by atoms with van der Waals surface area (Å²) >= 11 is 0. The van der Waals surface area contributed by atoms with Crippen molar-refractivity contribution in [3.63, 3.8) is 0 Å². The van der Waals surface area contributed by atoms with Gasteiger partial charge in [0.05, 0.1) is 17.1 Å². The predicted molar refractivity (Wildman–Crippen MR) is 96.7 cm³/mol. The average Bonchev–Trinajstić information content (AvgIpc) is 2.61. The fraction of sp³-hybridized carbons (Fsp3) is 0.333. The Bertz CT molecular complexity index is 832. The molecule has 0 atom stereocenters. The first-order chi connectivity index (χ1) is 11.9. The topological polar surface area (TPSA) is 79.4 Å². The third-order valence-electron chi connectivity index (χ3n) is 3.95. The summed E-state index contributed by atoms with van der Waals surface area (Å²) < 4.78 is 26.7. The van der Waals surface area contributed by atoms with Gasteiger partial charge in [-0.2, -0.15) is 4.31 Å². The van der Waals surface area contributed by atoms with Crippen molar-refractivity contribution in [3.05, 3.63) is 59.4 Å². The van der Waals surface area contributed by atoms with Crippen molar-refractivity contribution in [2.24, 2.45) is 0 Å². The van der Waals surface area contributed by atoms with E-state index in [0.717, 1.165) is 11.3 Å². The number of sulfonamides is 1. The van der Waals surface area contributed by atoms with Crippen LogP contribution >= 0.6 is 0 Å². The molecule has 0 saturated heterocycles. The van der Waals surface area contributed by atoms with Gasteiger partial charge >= 0.3 is 0 Å². The largest absolute Gasteiger partial charge is 0.346 e. The van der Waals surface area contributed by atoms with Gasteiger partial charge in [0.1, 0.15) is 0 Å². The van der Waals surface area contributed by atoms with E-state index in [1.165, 1.54) is 10.4 Å². The van der Waals surface area contributed by atoms with Crippen molar-refractivity contribution in [2.75, 3.05) is 13.1 Å². The van der Waals surface area contributed by atoms with E-state index in [4.69, 9.17) is 0 Å². The number of hydrogen-bond donors (Lipinski definition) is 1. The Balaban J connectivity index is 2.25. The van der Waals surface area contributed by atoms with Crippen LogP contribution < -0.4 is 5.32 Å². The molecule has 0 bridgehead atoms. The molecule has 1 aromatic carbocycles. The zero-order chi connectivity index (χ0) is 18.4. The van der Waals surface area contributed by atoms with Crippen molar-refractivity contribution < 1.29 is 13.2 Å². The van der Waals surface area contributed by atoms with Gasteiger partial charge in [-0.05, 0) is 36.8 Å². The summed E-state index contributed by atoms with van der Waals surface area (Å²) in [4.78, 5) is 16.8. The molecule has 2 aromatic rings. The number of nitrogens with one attached hydrogen (secondary N) is 1. The fourth-order valence-corrected chi connectivity index (χ4v) is 3.97. The second-order valence-corrected chi connectivity index (χ2v) is 7.51. The Hall–Kier alpha value is -2.25. The summed E-state index contributed by atoms with van der Waals surface area (Å²) in [5.74, 6) is -0.320. The van der Waals surface area contributed by atoms with Gasteiger partial charge in [-0.3, -0.25) is 9.78 Å². The number of carbonyl (C=O) groups is 1. The van der Waals surface area contributed by atoms with Crippen molar-refractivity contribution in [2.45, 2.75) is 32.2 Å². The molecule has 0 aliphatic heterocycles. The minimum absolute atomic E-state index is 0.129. The van der Waals surface area contributed by atoms with Crippen molar-refractivity contribution in [3.8, 4) is 0 Å². The smallest absolute Gasteiger partial charge is 0.251 e. The summed E-state index contributed by atoms with van der Waals surface area (Å²) in [5, 5.41) is 2.78. The van der Waals surface area contributed by atoms with Crippen LogP contribution in [0.5, 0.6) is 0 Å². The molecule has 1 heterocycles. The maximum atomic E-state index is 12.6. The third-order valence-corrected chi connectivity index (χ3v) is 6.00. The van der Waals surface area contributed by atoms with Crippen LogP contribution in [0.25, 0.3) is 0 Å². The van der Waals surface area contributed by atoms with E-state index in [2.05, 4.69) is 10.3 Å². The molecule has 1 N–H and O–H groups in total. The molecule has 134 valence electrons. The van der Waals surface area contributed by atoms with Crippen LogP contribution in [0.4, 0.5) is 0 Å². The van der Waals surface area contributed by atoms with Gasteiger partial charge in [0.2, 0.25) is 10.0 Å². The summed E-state index contributed by atoms with van der Waals surface area (Å²) in [6.45, 7) is 6.41. The molecular formula is C18H23N3O3S. The van der Waals surface area contributed by atoms with Crippen LogP contribution in [0.15, 0.2) is 47.5 Å². The van der Waals surface area contributed by atoms with E-state index in [0.29, 0.717) is 18.7 Å². The molecule has 0 unspecified atom stereocenters. The van der Waals surface area contributed by atoms with Crippen molar-refractivity contribution >= 4 is 15.9 Å². The number of benzene rings is 1. The fourth-order valence-electron chi connectivity index (χ4n) is 2.49. The molecule has 0 aliphatic rings. The first-order valence-electron chi connectivity index (χ1n) is 8.19. The van der Waals surface area contributed by atoms with Crippen LogP contribution in [0.3, 0.4) is 0 Å². The van der Waals surface area contributed by atoms with Gasteiger partial charge in [-0.15, -0.1) is 0 Å². The van der Waals surface area contributed by atoms with Gasteiger partial charge in [0.25, 0.3) is 5.91 Å². The Labute approximate surface area is 148 Å². The Kier molecular flexibility index (Phi) is 6.27. The maximum Gasteiger partial charge on any atom is 0.251 e. The highest BCUT2D eigenvalue weighted by Gasteiger charge is 2.23. The number of rotatable bonds is 7. The minimum Gasteiger partial charge on any atom is -0.346 e. The van der Waals surface area contributed by atoms with Crippen LogP contribution in [0, 0.1) is 6.92 Å². The second-order valence-electron chi connectivity index (χ2n) is 5.57. The van der Waals surface area contributed by atoms with Crippen LogP contribution in [0.1, 0.15) is 35.5 Å². The number of pyridine rings is 1. The van der Waals surface area contributed by atoms with Crippen molar-refractivity contribution in [1.82, 2.24) is 14.6 Å². The maximum absolute atomic E-state index is 12.6. The van der Waals surface area contributed by atoms with Crippen LogP contribution in [-0.4, -0.2) is 36.7 Å². The molecule has 2 rings (SSSR count).